The fourth-order valence-electron chi connectivity index (χ4n) is 4.09. The van der Waals surface area contributed by atoms with Crippen molar-refractivity contribution in [2.45, 2.75) is 51.1 Å². The summed E-state index contributed by atoms with van der Waals surface area (Å²) in [5, 5.41) is 0. The first kappa shape index (κ1) is 15.5. The van der Waals surface area contributed by atoms with E-state index in [1.165, 1.54) is 81.3 Å². The minimum Gasteiger partial charge on any atom is -0.323 e. The molecule has 2 nitrogen and oxygen atoms in total. The molecule has 0 unspecified atom stereocenters. The van der Waals surface area contributed by atoms with Gasteiger partial charge < -0.3 is 9.80 Å². The van der Waals surface area contributed by atoms with E-state index in [2.05, 4.69) is 40.2 Å². The summed E-state index contributed by atoms with van der Waals surface area (Å²) in [5.41, 5.74) is 1.48. The first-order chi connectivity index (χ1) is 10.3. The van der Waals surface area contributed by atoms with Gasteiger partial charge in [-0.3, -0.25) is 0 Å². The third-order valence-corrected chi connectivity index (χ3v) is 5.93. The Morgan fingerprint density at radius 2 is 1.48 bits per heavy atom. The van der Waals surface area contributed by atoms with Crippen molar-refractivity contribution in [3.63, 3.8) is 0 Å². The summed E-state index contributed by atoms with van der Waals surface area (Å²) >= 11 is 3.52. The summed E-state index contributed by atoms with van der Waals surface area (Å²) in [5.74, 6) is 0. The van der Waals surface area contributed by atoms with Crippen molar-refractivity contribution in [1.82, 2.24) is 0 Å². The zero-order valence-corrected chi connectivity index (χ0v) is 14.6. The van der Waals surface area contributed by atoms with E-state index >= 15 is 0 Å². The first-order valence-corrected chi connectivity index (χ1v) is 9.53. The lowest BCUT2D eigenvalue weighted by Gasteiger charge is -2.34. The molecule has 1 aliphatic carbocycles. The van der Waals surface area contributed by atoms with Crippen molar-refractivity contribution in [1.29, 1.82) is 0 Å². The van der Waals surface area contributed by atoms with Crippen molar-refractivity contribution in [3.8, 4) is 0 Å². The van der Waals surface area contributed by atoms with Crippen LogP contribution in [0.5, 0.6) is 0 Å². The molecule has 116 valence electrons. The lowest BCUT2D eigenvalue weighted by atomic mass is 10.1. The molecule has 0 aromatic heterocycles. The van der Waals surface area contributed by atoms with Gasteiger partial charge in [-0.05, 0) is 37.8 Å². The van der Waals surface area contributed by atoms with Crippen LogP contribution in [0.2, 0.25) is 0 Å². The van der Waals surface area contributed by atoms with Gasteiger partial charge in [0, 0.05) is 10.0 Å². The molecule has 1 aliphatic heterocycles. The SMILES string of the molecule is Brc1ccc(C[NH+]2CC[NH+](C3CCCCCC3)CC2)cc1. The van der Waals surface area contributed by atoms with Gasteiger partial charge in [0.2, 0.25) is 0 Å². The lowest BCUT2D eigenvalue weighted by molar-refractivity contribution is -1.03. The number of quaternary nitrogens is 2. The van der Waals surface area contributed by atoms with Crippen LogP contribution in [0, 0.1) is 0 Å². The molecule has 1 saturated heterocycles. The van der Waals surface area contributed by atoms with Crippen LogP contribution in [0.4, 0.5) is 0 Å². The summed E-state index contributed by atoms with van der Waals surface area (Å²) in [6.45, 7) is 6.67. The van der Waals surface area contributed by atoms with Gasteiger partial charge in [-0.2, -0.15) is 0 Å². The molecule has 1 saturated carbocycles. The second kappa shape index (κ2) is 7.75. The number of benzene rings is 1. The maximum atomic E-state index is 3.52. The fraction of sp³-hybridized carbons (Fsp3) is 0.667. The summed E-state index contributed by atoms with van der Waals surface area (Å²) in [7, 11) is 0. The van der Waals surface area contributed by atoms with Gasteiger partial charge in [-0.15, -0.1) is 0 Å². The van der Waals surface area contributed by atoms with Crippen molar-refractivity contribution in [3.05, 3.63) is 34.3 Å². The van der Waals surface area contributed by atoms with Crippen molar-refractivity contribution >= 4 is 15.9 Å². The molecule has 0 spiro atoms. The highest BCUT2D eigenvalue weighted by atomic mass is 79.9. The number of nitrogens with one attached hydrogen (secondary N) is 2. The highest BCUT2D eigenvalue weighted by Gasteiger charge is 2.29. The summed E-state index contributed by atoms with van der Waals surface area (Å²) in [6, 6.07) is 9.84. The maximum absolute atomic E-state index is 3.52. The molecule has 2 aliphatic rings. The molecular weight excluding hydrogens is 324 g/mol. The molecule has 2 fully saturated rings. The van der Waals surface area contributed by atoms with E-state index in [-0.39, 0.29) is 0 Å². The Morgan fingerprint density at radius 3 is 2.10 bits per heavy atom. The van der Waals surface area contributed by atoms with Gasteiger partial charge in [0.1, 0.15) is 32.7 Å². The molecule has 0 radical (unpaired) electrons. The van der Waals surface area contributed by atoms with E-state index in [1.54, 1.807) is 4.90 Å². The highest BCUT2D eigenvalue weighted by Crippen LogP contribution is 2.15. The van der Waals surface area contributed by atoms with E-state index in [0.29, 0.717) is 0 Å². The monoisotopic (exact) mass is 352 g/mol. The minimum atomic E-state index is 0.974. The molecule has 2 N–H and O–H groups in total. The molecule has 1 aromatic carbocycles. The van der Waals surface area contributed by atoms with Crippen molar-refractivity contribution in [2.24, 2.45) is 0 Å². The average molecular weight is 353 g/mol. The van der Waals surface area contributed by atoms with Crippen molar-refractivity contribution < 1.29 is 9.80 Å². The Morgan fingerprint density at radius 1 is 0.857 bits per heavy atom. The van der Waals surface area contributed by atoms with E-state index in [1.807, 2.05) is 4.90 Å². The molecule has 0 atom stereocenters. The van der Waals surface area contributed by atoms with Crippen LogP contribution in [0.3, 0.4) is 0 Å². The second-order valence-electron chi connectivity index (χ2n) is 6.90. The fourth-order valence-corrected chi connectivity index (χ4v) is 4.35. The number of piperazine rings is 1. The second-order valence-corrected chi connectivity index (χ2v) is 7.82. The average Bonchev–Trinajstić information content (AvgIpc) is 2.80. The molecule has 0 amide bonds. The van der Waals surface area contributed by atoms with E-state index in [0.717, 1.165) is 6.04 Å². The van der Waals surface area contributed by atoms with E-state index in [9.17, 15) is 0 Å². The maximum Gasteiger partial charge on any atom is 0.127 e. The van der Waals surface area contributed by atoms with Gasteiger partial charge >= 0.3 is 0 Å². The molecule has 1 aromatic rings. The van der Waals surface area contributed by atoms with Crippen LogP contribution >= 0.6 is 15.9 Å². The highest BCUT2D eigenvalue weighted by molar-refractivity contribution is 9.10. The van der Waals surface area contributed by atoms with Gasteiger partial charge in [0.05, 0.1) is 6.04 Å². The third kappa shape index (κ3) is 4.54. The number of rotatable bonds is 3. The largest absolute Gasteiger partial charge is 0.323 e. The smallest absolute Gasteiger partial charge is 0.127 e. The van der Waals surface area contributed by atoms with Gasteiger partial charge in [0.15, 0.2) is 0 Å². The van der Waals surface area contributed by atoms with Gasteiger partial charge in [0.25, 0.3) is 0 Å². The summed E-state index contributed by atoms with van der Waals surface area (Å²) in [6.07, 6.45) is 8.87. The van der Waals surface area contributed by atoms with Gasteiger partial charge in [-0.25, -0.2) is 0 Å². The van der Waals surface area contributed by atoms with Crippen LogP contribution in [0.15, 0.2) is 28.7 Å². The molecule has 3 rings (SSSR count). The van der Waals surface area contributed by atoms with Crippen LogP contribution < -0.4 is 9.80 Å². The molecule has 0 bridgehead atoms. The Labute approximate surface area is 137 Å². The number of hydrogen-bond donors (Lipinski definition) is 2. The van der Waals surface area contributed by atoms with Crippen molar-refractivity contribution in [2.75, 3.05) is 26.2 Å². The Bertz CT molecular complexity index is 415. The van der Waals surface area contributed by atoms with Gasteiger partial charge in [-0.1, -0.05) is 40.9 Å². The summed E-state index contributed by atoms with van der Waals surface area (Å²) < 4.78 is 1.18. The van der Waals surface area contributed by atoms with Crippen LogP contribution in [-0.4, -0.2) is 32.2 Å². The number of halogens is 1. The molecule has 1 heterocycles. The quantitative estimate of drug-likeness (QED) is 0.762. The molecular formula is C18H29BrN2+2. The Kier molecular flexibility index (Phi) is 5.73. The standard InChI is InChI=1S/C18H27BrN2/c19-17-9-7-16(8-10-17)15-20-11-13-21(14-12-20)18-5-3-1-2-4-6-18/h7-10,18H,1-6,11-15H2/p+2. The van der Waals surface area contributed by atoms with E-state index in [4.69, 9.17) is 0 Å². The topological polar surface area (TPSA) is 8.88 Å². The lowest BCUT2D eigenvalue weighted by Crippen LogP contribution is -3.29. The zero-order valence-electron chi connectivity index (χ0n) is 13.0. The molecule has 3 heteroatoms. The predicted molar refractivity (Wildman–Crippen MR) is 90.7 cm³/mol. The van der Waals surface area contributed by atoms with Crippen LogP contribution in [0.1, 0.15) is 44.1 Å². The molecule has 21 heavy (non-hydrogen) atoms. The minimum absolute atomic E-state index is 0.974. The third-order valence-electron chi connectivity index (χ3n) is 5.40. The Balaban J connectivity index is 1.47. The predicted octanol–water partition coefficient (Wildman–Crippen LogP) is 1.46. The van der Waals surface area contributed by atoms with Crippen LogP contribution in [0.25, 0.3) is 0 Å². The zero-order chi connectivity index (χ0) is 14.5. The number of hydrogen-bond acceptors (Lipinski definition) is 0. The Hall–Kier alpha value is -0.380. The van der Waals surface area contributed by atoms with Crippen LogP contribution in [-0.2, 0) is 6.54 Å². The summed E-state index contributed by atoms with van der Waals surface area (Å²) in [4.78, 5) is 3.69. The van der Waals surface area contributed by atoms with E-state index < -0.39 is 0 Å². The normalized spacial score (nSPS) is 28.2. The first-order valence-electron chi connectivity index (χ1n) is 8.74.